The Morgan fingerprint density at radius 2 is 1.79 bits per heavy atom. The van der Waals surface area contributed by atoms with Gasteiger partial charge in [-0.1, -0.05) is 53.5 Å². The van der Waals surface area contributed by atoms with Crippen LogP contribution in [0.2, 0.25) is 10.0 Å². The van der Waals surface area contributed by atoms with Gasteiger partial charge in [0, 0.05) is 5.69 Å². The van der Waals surface area contributed by atoms with E-state index >= 15 is 0 Å². The van der Waals surface area contributed by atoms with Crippen LogP contribution in [0.5, 0.6) is 0 Å². The van der Waals surface area contributed by atoms with Gasteiger partial charge in [0.15, 0.2) is 5.96 Å². The van der Waals surface area contributed by atoms with Crippen LogP contribution in [0, 0.1) is 0 Å². The second-order valence-electron chi connectivity index (χ2n) is 3.94. The van der Waals surface area contributed by atoms with Crippen LogP contribution in [-0.2, 0) is 6.54 Å². The molecule has 2 rings (SSSR count). The summed E-state index contributed by atoms with van der Waals surface area (Å²) in [6.07, 6.45) is 0. The first kappa shape index (κ1) is 13.7. The first-order chi connectivity index (χ1) is 9.15. The largest absolute Gasteiger partial charge is 0.370 e. The van der Waals surface area contributed by atoms with E-state index in [0.29, 0.717) is 22.5 Å². The van der Waals surface area contributed by atoms with Gasteiger partial charge in [-0.15, -0.1) is 0 Å². The van der Waals surface area contributed by atoms with E-state index < -0.39 is 0 Å². The maximum absolute atomic E-state index is 5.92. The number of hydrogen-bond donors (Lipinski definition) is 2. The topological polar surface area (TPSA) is 50.4 Å². The highest BCUT2D eigenvalue weighted by molar-refractivity contribution is 6.42. The lowest BCUT2D eigenvalue weighted by Crippen LogP contribution is -2.22. The zero-order valence-electron chi connectivity index (χ0n) is 10.1. The van der Waals surface area contributed by atoms with Gasteiger partial charge in [-0.2, -0.15) is 0 Å². The van der Waals surface area contributed by atoms with Gasteiger partial charge in [0.25, 0.3) is 0 Å². The normalized spacial score (nSPS) is 11.4. The molecule has 3 nitrogen and oxygen atoms in total. The number of rotatable bonds is 3. The standard InChI is InChI=1S/C14H13Cl2N3/c15-12-7-6-11(8-13(12)16)19-14(17)18-9-10-4-2-1-3-5-10/h1-8H,9H2,(H3,17,18,19). The van der Waals surface area contributed by atoms with Gasteiger partial charge in [-0.05, 0) is 23.8 Å². The van der Waals surface area contributed by atoms with E-state index in [1.165, 1.54) is 0 Å². The molecule has 0 saturated heterocycles. The van der Waals surface area contributed by atoms with E-state index in [-0.39, 0.29) is 0 Å². The molecule has 2 aromatic rings. The van der Waals surface area contributed by atoms with E-state index in [4.69, 9.17) is 28.9 Å². The van der Waals surface area contributed by atoms with Crippen LogP contribution in [0.4, 0.5) is 5.69 Å². The molecule has 0 atom stereocenters. The molecule has 0 saturated carbocycles. The maximum atomic E-state index is 5.92. The summed E-state index contributed by atoms with van der Waals surface area (Å²) < 4.78 is 0. The molecule has 0 aliphatic heterocycles. The van der Waals surface area contributed by atoms with Crippen LogP contribution < -0.4 is 11.1 Å². The van der Waals surface area contributed by atoms with Crippen molar-refractivity contribution in [2.45, 2.75) is 6.54 Å². The van der Waals surface area contributed by atoms with Crippen molar-refractivity contribution in [2.24, 2.45) is 10.7 Å². The minimum Gasteiger partial charge on any atom is -0.370 e. The molecule has 2 aromatic carbocycles. The molecule has 0 aliphatic carbocycles. The number of nitrogens with one attached hydrogen (secondary N) is 1. The van der Waals surface area contributed by atoms with Crippen LogP contribution in [0.3, 0.4) is 0 Å². The molecule has 0 spiro atoms. The average Bonchev–Trinajstić information content (AvgIpc) is 2.42. The van der Waals surface area contributed by atoms with Crippen molar-refractivity contribution < 1.29 is 0 Å². The minimum absolute atomic E-state index is 0.335. The molecule has 0 radical (unpaired) electrons. The van der Waals surface area contributed by atoms with Crippen LogP contribution in [-0.4, -0.2) is 5.96 Å². The second-order valence-corrected chi connectivity index (χ2v) is 4.76. The molecule has 0 heterocycles. The van der Waals surface area contributed by atoms with E-state index in [0.717, 1.165) is 11.3 Å². The fourth-order valence-corrected chi connectivity index (χ4v) is 1.82. The Balaban J connectivity index is 2.00. The Kier molecular flexibility index (Phi) is 4.66. The lowest BCUT2D eigenvalue weighted by Gasteiger charge is -2.06. The maximum Gasteiger partial charge on any atom is 0.193 e. The van der Waals surface area contributed by atoms with Crippen LogP contribution >= 0.6 is 23.2 Å². The van der Waals surface area contributed by atoms with Gasteiger partial charge >= 0.3 is 0 Å². The molecular weight excluding hydrogens is 281 g/mol. The minimum atomic E-state index is 0.335. The summed E-state index contributed by atoms with van der Waals surface area (Å²) in [6, 6.07) is 15.1. The van der Waals surface area contributed by atoms with Crippen molar-refractivity contribution in [3.63, 3.8) is 0 Å². The fraction of sp³-hybridized carbons (Fsp3) is 0.0714. The Morgan fingerprint density at radius 1 is 1.05 bits per heavy atom. The smallest absolute Gasteiger partial charge is 0.193 e. The third kappa shape index (κ3) is 4.16. The number of halogens is 2. The van der Waals surface area contributed by atoms with Gasteiger partial charge in [0.2, 0.25) is 0 Å². The predicted octanol–water partition coefficient (Wildman–Crippen LogP) is 3.92. The monoisotopic (exact) mass is 293 g/mol. The summed E-state index contributed by atoms with van der Waals surface area (Å²) in [6.45, 7) is 0.529. The summed E-state index contributed by atoms with van der Waals surface area (Å²) in [5.41, 5.74) is 7.66. The molecule has 3 N–H and O–H groups in total. The predicted molar refractivity (Wildman–Crippen MR) is 81.9 cm³/mol. The SMILES string of the molecule is NC(=NCc1ccccc1)Nc1ccc(Cl)c(Cl)c1. The molecule has 98 valence electrons. The van der Waals surface area contributed by atoms with Gasteiger partial charge in [0.05, 0.1) is 16.6 Å². The molecule has 5 heteroatoms. The van der Waals surface area contributed by atoms with Crippen molar-refractivity contribution in [2.75, 3.05) is 5.32 Å². The number of nitrogens with two attached hydrogens (primary N) is 1. The van der Waals surface area contributed by atoms with Gasteiger partial charge in [-0.3, -0.25) is 0 Å². The third-order valence-electron chi connectivity index (χ3n) is 2.47. The summed E-state index contributed by atoms with van der Waals surface area (Å²) >= 11 is 11.8. The van der Waals surface area contributed by atoms with E-state index in [1.807, 2.05) is 30.3 Å². The first-order valence-corrected chi connectivity index (χ1v) is 6.46. The average molecular weight is 294 g/mol. The lowest BCUT2D eigenvalue weighted by atomic mass is 10.2. The zero-order chi connectivity index (χ0) is 13.7. The molecular formula is C14H13Cl2N3. The summed E-state index contributed by atoms with van der Waals surface area (Å²) in [7, 11) is 0. The molecule has 0 aromatic heterocycles. The van der Waals surface area contributed by atoms with Crippen molar-refractivity contribution >= 4 is 34.8 Å². The second kappa shape index (κ2) is 6.45. The number of guanidine groups is 1. The van der Waals surface area contributed by atoms with Crippen molar-refractivity contribution in [3.05, 3.63) is 64.1 Å². The number of hydrogen-bond acceptors (Lipinski definition) is 1. The summed E-state index contributed by atoms with van der Waals surface area (Å²) in [5, 5.41) is 3.95. The van der Waals surface area contributed by atoms with Gasteiger partial charge < -0.3 is 11.1 Å². The molecule has 0 unspecified atom stereocenters. The molecule has 0 amide bonds. The Bertz CT molecular complexity index is 582. The van der Waals surface area contributed by atoms with E-state index in [1.54, 1.807) is 18.2 Å². The molecule has 0 fully saturated rings. The van der Waals surface area contributed by atoms with Crippen molar-refractivity contribution in [1.82, 2.24) is 0 Å². The van der Waals surface area contributed by atoms with Crippen molar-refractivity contribution in [1.29, 1.82) is 0 Å². The highest BCUT2D eigenvalue weighted by Gasteiger charge is 2.00. The Hall–Kier alpha value is -1.71. The lowest BCUT2D eigenvalue weighted by molar-refractivity contribution is 1.06. The Labute approximate surface area is 122 Å². The summed E-state index contributed by atoms with van der Waals surface area (Å²) in [4.78, 5) is 4.25. The zero-order valence-corrected chi connectivity index (χ0v) is 11.6. The molecule has 0 aliphatic rings. The Morgan fingerprint density at radius 3 is 2.47 bits per heavy atom. The van der Waals surface area contributed by atoms with Crippen LogP contribution in [0.15, 0.2) is 53.5 Å². The van der Waals surface area contributed by atoms with Gasteiger partial charge in [0.1, 0.15) is 0 Å². The number of benzene rings is 2. The number of aliphatic imine (C=N–C) groups is 1. The third-order valence-corrected chi connectivity index (χ3v) is 3.21. The van der Waals surface area contributed by atoms with Crippen molar-refractivity contribution in [3.8, 4) is 0 Å². The summed E-state index contributed by atoms with van der Waals surface area (Å²) in [5.74, 6) is 0.335. The highest BCUT2D eigenvalue weighted by atomic mass is 35.5. The van der Waals surface area contributed by atoms with Gasteiger partial charge in [-0.25, -0.2) is 4.99 Å². The first-order valence-electron chi connectivity index (χ1n) is 5.71. The number of anilines is 1. The molecule has 19 heavy (non-hydrogen) atoms. The number of nitrogens with zero attached hydrogens (tertiary/aromatic N) is 1. The van der Waals surface area contributed by atoms with Crippen LogP contribution in [0.1, 0.15) is 5.56 Å². The fourth-order valence-electron chi connectivity index (χ4n) is 1.52. The highest BCUT2D eigenvalue weighted by Crippen LogP contribution is 2.24. The van der Waals surface area contributed by atoms with E-state index in [2.05, 4.69) is 10.3 Å². The van der Waals surface area contributed by atoms with Crippen LogP contribution in [0.25, 0.3) is 0 Å². The molecule has 0 bridgehead atoms. The van der Waals surface area contributed by atoms with E-state index in [9.17, 15) is 0 Å². The quantitative estimate of drug-likeness (QED) is 0.666.